The standard InChI is InChI=1S/C11H18ClN3O2/c1-8(2)13-7-10(16)11-9(12)6-14-15(11)4-5-17-3/h6,8,13H,4-5,7H2,1-3H3. The first kappa shape index (κ1) is 14.2. The van der Waals surface area contributed by atoms with Crippen molar-refractivity contribution in [2.24, 2.45) is 0 Å². The molecule has 1 aromatic heterocycles. The minimum atomic E-state index is -0.0581. The molecule has 1 aromatic rings. The van der Waals surface area contributed by atoms with E-state index in [9.17, 15) is 4.79 Å². The zero-order chi connectivity index (χ0) is 12.8. The van der Waals surface area contributed by atoms with Crippen molar-refractivity contribution in [3.63, 3.8) is 0 Å². The quantitative estimate of drug-likeness (QED) is 0.752. The molecular weight excluding hydrogens is 242 g/mol. The van der Waals surface area contributed by atoms with E-state index in [0.29, 0.717) is 23.9 Å². The number of carbonyl (C=O) groups excluding carboxylic acids is 1. The molecule has 0 aromatic carbocycles. The predicted molar refractivity (Wildman–Crippen MR) is 66.6 cm³/mol. The van der Waals surface area contributed by atoms with Crippen molar-refractivity contribution in [2.45, 2.75) is 26.4 Å². The van der Waals surface area contributed by atoms with E-state index in [4.69, 9.17) is 16.3 Å². The molecule has 0 saturated carbocycles. The number of nitrogens with zero attached hydrogens (tertiary/aromatic N) is 2. The molecule has 1 rings (SSSR count). The Morgan fingerprint density at radius 1 is 1.65 bits per heavy atom. The van der Waals surface area contributed by atoms with Crippen LogP contribution >= 0.6 is 11.6 Å². The lowest BCUT2D eigenvalue weighted by Gasteiger charge is -2.09. The molecule has 0 saturated heterocycles. The van der Waals surface area contributed by atoms with Crippen LogP contribution in [0.4, 0.5) is 0 Å². The number of ketones is 1. The van der Waals surface area contributed by atoms with Gasteiger partial charge in [0.05, 0.1) is 30.9 Å². The highest BCUT2D eigenvalue weighted by Gasteiger charge is 2.17. The van der Waals surface area contributed by atoms with Crippen LogP contribution in [-0.4, -0.2) is 41.9 Å². The van der Waals surface area contributed by atoms with Gasteiger partial charge in [-0.15, -0.1) is 0 Å². The number of hydrogen-bond acceptors (Lipinski definition) is 4. The molecule has 1 N–H and O–H groups in total. The molecule has 17 heavy (non-hydrogen) atoms. The molecule has 0 aliphatic rings. The maximum absolute atomic E-state index is 12.0. The fourth-order valence-electron chi connectivity index (χ4n) is 1.37. The Labute approximate surface area is 106 Å². The fourth-order valence-corrected chi connectivity index (χ4v) is 1.61. The summed E-state index contributed by atoms with van der Waals surface area (Å²) in [5, 5.41) is 7.51. The monoisotopic (exact) mass is 259 g/mol. The zero-order valence-electron chi connectivity index (χ0n) is 10.4. The SMILES string of the molecule is COCCn1ncc(Cl)c1C(=O)CNC(C)C. The lowest BCUT2D eigenvalue weighted by molar-refractivity contribution is 0.0974. The first-order valence-corrected chi connectivity index (χ1v) is 5.91. The number of Topliss-reactive ketones (excluding diaryl/α,β-unsaturated/α-hetero) is 1. The first-order chi connectivity index (χ1) is 8.06. The van der Waals surface area contributed by atoms with Crippen LogP contribution < -0.4 is 5.32 Å². The third-order valence-corrected chi connectivity index (χ3v) is 2.51. The van der Waals surface area contributed by atoms with Crippen molar-refractivity contribution in [1.29, 1.82) is 0 Å². The van der Waals surface area contributed by atoms with Gasteiger partial charge >= 0.3 is 0 Å². The zero-order valence-corrected chi connectivity index (χ0v) is 11.1. The van der Waals surface area contributed by atoms with E-state index in [-0.39, 0.29) is 18.4 Å². The number of halogens is 1. The van der Waals surface area contributed by atoms with Crippen LogP contribution in [-0.2, 0) is 11.3 Å². The number of aromatic nitrogens is 2. The Balaban J connectivity index is 2.73. The highest BCUT2D eigenvalue weighted by molar-refractivity contribution is 6.33. The van der Waals surface area contributed by atoms with Crippen LogP contribution in [0.2, 0.25) is 5.02 Å². The molecule has 0 unspecified atom stereocenters. The summed E-state index contributed by atoms with van der Waals surface area (Å²) in [6.07, 6.45) is 1.49. The molecule has 0 atom stereocenters. The Bertz CT molecular complexity index is 377. The van der Waals surface area contributed by atoms with Crippen molar-refractivity contribution in [1.82, 2.24) is 15.1 Å². The highest BCUT2D eigenvalue weighted by atomic mass is 35.5. The van der Waals surface area contributed by atoms with E-state index in [1.54, 1.807) is 11.8 Å². The van der Waals surface area contributed by atoms with Crippen molar-refractivity contribution >= 4 is 17.4 Å². The second kappa shape index (κ2) is 6.74. The Morgan fingerprint density at radius 3 is 2.94 bits per heavy atom. The van der Waals surface area contributed by atoms with Crippen molar-refractivity contribution < 1.29 is 9.53 Å². The van der Waals surface area contributed by atoms with Crippen molar-refractivity contribution in [3.05, 3.63) is 16.9 Å². The molecule has 0 aliphatic heterocycles. The molecule has 0 bridgehead atoms. The van der Waals surface area contributed by atoms with Crippen molar-refractivity contribution in [3.8, 4) is 0 Å². The molecule has 0 amide bonds. The smallest absolute Gasteiger partial charge is 0.196 e. The van der Waals surface area contributed by atoms with Gasteiger partial charge < -0.3 is 10.1 Å². The van der Waals surface area contributed by atoms with Crippen LogP contribution in [0.5, 0.6) is 0 Å². The second-order valence-electron chi connectivity index (χ2n) is 4.02. The van der Waals surface area contributed by atoms with E-state index in [1.807, 2.05) is 13.8 Å². The number of ether oxygens (including phenoxy) is 1. The fraction of sp³-hybridized carbons (Fsp3) is 0.636. The maximum atomic E-state index is 12.0. The molecule has 0 aliphatic carbocycles. The van der Waals surface area contributed by atoms with E-state index < -0.39 is 0 Å². The summed E-state index contributed by atoms with van der Waals surface area (Å²) >= 11 is 5.96. The molecule has 6 heteroatoms. The summed E-state index contributed by atoms with van der Waals surface area (Å²) in [6.45, 7) is 5.24. The maximum Gasteiger partial charge on any atom is 0.196 e. The van der Waals surface area contributed by atoms with E-state index in [0.717, 1.165) is 0 Å². The van der Waals surface area contributed by atoms with Gasteiger partial charge in [-0.2, -0.15) is 5.10 Å². The van der Waals surface area contributed by atoms with Gasteiger partial charge in [0, 0.05) is 13.2 Å². The van der Waals surface area contributed by atoms with Gasteiger partial charge in [-0.1, -0.05) is 25.4 Å². The minimum absolute atomic E-state index is 0.0581. The third-order valence-electron chi connectivity index (χ3n) is 2.24. The highest BCUT2D eigenvalue weighted by Crippen LogP contribution is 2.15. The summed E-state index contributed by atoms with van der Waals surface area (Å²) in [6, 6.07) is 0.257. The second-order valence-corrected chi connectivity index (χ2v) is 4.42. The molecule has 0 spiro atoms. The van der Waals surface area contributed by atoms with Gasteiger partial charge in [0.1, 0.15) is 5.69 Å². The Morgan fingerprint density at radius 2 is 2.35 bits per heavy atom. The predicted octanol–water partition coefficient (Wildman–Crippen LogP) is 1.36. The number of methoxy groups -OCH3 is 1. The van der Waals surface area contributed by atoms with E-state index >= 15 is 0 Å². The molecular formula is C11H18ClN3O2. The lowest BCUT2D eigenvalue weighted by atomic mass is 10.2. The van der Waals surface area contributed by atoms with Crippen LogP contribution in [0.15, 0.2) is 6.20 Å². The summed E-state index contributed by atoms with van der Waals surface area (Å²) in [5.74, 6) is -0.0581. The number of rotatable bonds is 7. The Hall–Kier alpha value is -0.910. The molecule has 0 fully saturated rings. The molecule has 96 valence electrons. The van der Waals surface area contributed by atoms with Gasteiger partial charge in [0.15, 0.2) is 5.78 Å². The average Bonchev–Trinajstić information content (AvgIpc) is 2.64. The lowest BCUT2D eigenvalue weighted by Crippen LogP contribution is -2.30. The molecule has 5 nitrogen and oxygen atoms in total. The van der Waals surface area contributed by atoms with Crippen LogP contribution in [0.1, 0.15) is 24.3 Å². The third kappa shape index (κ3) is 4.11. The van der Waals surface area contributed by atoms with Gasteiger partial charge in [-0.3, -0.25) is 9.48 Å². The van der Waals surface area contributed by atoms with Gasteiger partial charge in [-0.25, -0.2) is 0 Å². The van der Waals surface area contributed by atoms with Gasteiger partial charge in [-0.05, 0) is 0 Å². The minimum Gasteiger partial charge on any atom is -0.383 e. The van der Waals surface area contributed by atoms with Gasteiger partial charge in [0.25, 0.3) is 0 Å². The van der Waals surface area contributed by atoms with Crippen LogP contribution in [0.25, 0.3) is 0 Å². The van der Waals surface area contributed by atoms with Crippen molar-refractivity contribution in [2.75, 3.05) is 20.3 Å². The normalized spacial score (nSPS) is 11.1. The topological polar surface area (TPSA) is 56.2 Å². The summed E-state index contributed by atoms with van der Waals surface area (Å²) in [5.41, 5.74) is 0.442. The largest absolute Gasteiger partial charge is 0.383 e. The summed E-state index contributed by atoms with van der Waals surface area (Å²) in [4.78, 5) is 12.0. The number of nitrogens with one attached hydrogen (secondary N) is 1. The van der Waals surface area contributed by atoms with E-state index in [1.165, 1.54) is 6.20 Å². The molecule has 1 heterocycles. The average molecular weight is 260 g/mol. The van der Waals surface area contributed by atoms with E-state index in [2.05, 4.69) is 10.4 Å². The van der Waals surface area contributed by atoms with Crippen LogP contribution in [0.3, 0.4) is 0 Å². The summed E-state index contributed by atoms with van der Waals surface area (Å²) < 4.78 is 6.54. The summed E-state index contributed by atoms with van der Waals surface area (Å²) in [7, 11) is 1.60. The number of carbonyl (C=O) groups is 1. The van der Waals surface area contributed by atoms with Gasteiger partial charge in [0.2, 0.25) is 0 Å². The number of hydrogen-bond donors (Lipinski definition) is 1. The molecule has 0 radical (unpaired) electrons. The Kier molecular flexibility index (Phi) is 5.61. The van der Waals surface area contributed by atoms with Crippen LogP contribution in [0, 0.1) is 0 Å². The first-order valence-electron chi connectivity index (χ1n) is 5.53.